The Morgan fingerprint density at radius 2 is 1.83 bits per heavy atom. The number of hydrogen-bond acceptors (Lipinski definition) is 4. The Bertz CT molecular complexity index is 1270. The van der Waals surface area contributed by atoms with E-state index in [4.69, 9.17) is 11.6 Å². The van der Waals surface area contributed by atoms with Crippen molar-refractivity contribution in [2.45, 2.75) is 20.4 Å². The lowest BCUT2D eigenvalue weighted by Crippen LogP contribution is -2.38. The topological polar surface area (TPSA) is 68.2 Å². The first kappa shape index (κ1) is 21.7. The highest BCUT2D eigenvalue weighted by molar-refractivity contribution is 7.07. The summed E-state index contributed by atoms with van der Waals surface area (Å²) in [7, 11) is 0. The van der Waals surface area contributed by atoms with E-state index in [1.165, 1.54) is 10.6 Å². The van der Waals surface area contributed by atoms with Crippen LogP contribution in [0.4, 0.5) is 0 Å². The molecule has 0 radical (unpaired) electrons. The third-order valence-electron chi connectivity index (χ3n) is 4.47. The van der Waals surface area contributed by atoms with Crippen LogP contribution in [-0.4, -0.2) is 22.8 Å². The molecule has 1 N–H and O–H groups in total. The fourth-order valence-electron chi connectivity index (χ4n) is 2.96. The number of thiazole rings is 1. The molecule has 154 valence electrons. The Morgan fingerprint density at radius 1 is 1.13 bits per heavy atom. The van der Waals surface area contributed by atoms with Crippen molar-refractivity contribution in [2.24, 2.45) is 0 Å². The Morgan fingerprint density at radius 3 is 2.53 bits per heavy atom. The predicted molar refractivity (Wildman–Crippen MR) is 122 cm³/mol. The molecule has 0 atom stereocenters. The van der Waals surface area contributed by atoms with Crippen LogP contribution in [0.5, 0.6) is 0 Å². The fourth-order valence-corrected chi connectivity index (χ4v) is 4.18. The molecule has 3 rings (SSSR count). The molecule has 0 fully saturated rings. The van der Waals surface area contributed by atoms with E-state index in [-0.39, 0.29) is 23.8 Å². The summed E-state index contributed by atoms with van der Waals surface area (Å²) in [6, 6.07) is 14.4. The van der Waals surface area contributed by atoms with Gasteiger partial charge in [0.1, 0.15) is 11.2 Å². The first-order chi connectivity index (χ1) is 14.4. The Kier molecular flexibility index (Phi) is 7.03. The van der Waals surface area contributed by atoms with E-state index in [2.05, 4.69) is 5.32 Å². The van der Waals surface area contributed by atoms with Gasteiger partial charge in [-0.3, -0.25) is 19.0 Å². The molecular formula is C23H21ClN2O3S. The minimum Gasteiger partial charge on any atom is -0.355 e. The molecule has 5 nitrogen and oxygen atoms in total. The number of halogens is 1. The standard InChI is InChI=1S/C23H21ClN2O3S/c1-3-25-21(28)14-26-22(13-19(27)17-10-6-4-8-15(17)2)30-20(23(26)29)12-16-9-5-7-11-18(16)24/h4-13H,3,14H2,1-2H3,(H,25,28). The van der Waals surface area contributed by atoms with Crippen LogP contribution < -0.4 is 20.1 Å². The molecule has 0 spiro atoms. The third kappa shape index (κ3) is 4.96. The van der Waals surface area contributed by atoms with Crippen molar-refractivity contribution >= 4 is 46.8 Å². The third-order valence-corrected chi connectivity index (χ3v) is 5.87. The number of carbonyl (C=O) groups excluding carboxylic acids is 2. The van der Waals surface area contributed by atoms with Crippen molar-refractivity contribution in [3.8, 4) is 0 Å². The van der Waals surface area contributed by atoms with Crippen LogP contribution in [0.2, 0.25) is 5.02 Å². The average Bonchev–Trinajstić information content (AvgIpc) is 2.99. The van der Waals surface area contributed by atoms with E-state index in [9.17, 15) is 14.4 Å². The maximum atomic E-state index is 13.0. The van der Waals surface area contributed by atoms with Gasteiger partial charge in [-0.05, 0) is 37.1 Å². The molecule has 0 aliphatic rings. The Labute approximate surface area is 182 Å². The van der Waals surface area contributed by atoms with Gasteiger partial charge in [0.05, 0.1) is 4.53 Å². The van der Waals surface area contributed by atoms with E-state index < -0.39 is 0 Å². The van der Waals surface area contributed by atoms with E-state index in [1.807, 2.05) is 31.2 Å². The van der Waals surface area contributed by atoms with Crippen molar-refractivity contribution in [1.82, 2.24) is 9.88 Å². The summed E-state index contributed by atoms with van der Waals surface area (Å²) >= 11 is 7.38. The van der Waals surface area contributed by atoms with Crippen LogP contribution in [0.1, 0.15) is 28.4 Å². The Balaban J connectivity index is 2.17. The number of ketones is 1. The smallest absolute Gasteiger partial charge is 0.269 e. The number of hydrogen-bond donors (Lipinski definition) is 1. The highest BCUT2D eigenvalue weighted by Gasteiger charge is 2.12. The summed E-state index contributed by atoms with van der Waals surface area (Å²) < 4.78 is 2.14. The number of likely N-dealkylation sites (N-methyl/N-ethyl adjacent to an activating group) is 1. The molecule has 0 saturated heterocycles. The quantitative estimate of drug-likeness (QED) is 0.599. The van der Waals surface area contributed by atoms with Gasteiger partial charge in [-0.1, -0.05) is 54.1 Å². The second kappa shape index (κ2) is 9.69. The van der Waals surface area contributed by atoms with E-state index in [1.54, 1.807) is 37.3 Å². The highest BCUT2D eigenvalue weighted by Crippen LogP contribution is 2.15. The number of nitrogens with one attached hydrogen (secondary N) is 1. The maximum absolute atomic E-state index is 13.0. The zero-order valence-electron chi connectivity index (χ0n) is 16.6. The predicted octanol–water partition coefficient (Wildman–Crippen LogP) is 2.50. The summed E-state index contributed by atoms with van der Waals surface area (Å²) in [5.41, 5.74) is 1.75. The zero-order valence-corrected chi connectivity index (χ0v) is 18.2. The van der Waals surface area contributed by atoms with Gasteiger partial charge in [0.25, 0.3) is 5.56 Å². The number of amides is 1. The number of Topliss-reactive ketones (excluding diaryl/α,β-unsaturated/α-hetero) is 1. The maximum Gasteiger partial charge on any atom is 0.269 e. The van der Waals surface area contributed by atoms with E-state index in [0.717, 1.165) is 16.9 Å². The van der Waals surface area contributed by atoms with Crippen molar-refractivity contribution in [3.63, 3.8) is 0 Å². The fraction of sp³-hybridized carbons (Fsp3) is 0.174. The van der Waals surface area contributed by atoms with Crippen molar-refractivity contribution in [1.29, 1.82) is 0 Å². The molecule has 1 aromatic heterocycles. The minimum atomic E-state index is -0.338. The van der Waals surface area contributed by atoms with Gasteiger partial charge in [0.15, 0.2) is 5.78 Å². The van der Waals surface area contributed by atoms with Gasteiger partial charge in [0, 0.05) is 23.2 Å². The summed E-state index contributed by atoms with van der Waals surface area (Å²) in [5.74, 6) is -0.511. The molecule has 0 aliphatic carbocycles. The van der Waals surface area contributed by atoms with Crippen LogP contribution in [-0.2, 0) is 11.3 Å². The van der Waals surface area contributed by atoms with Crippen molar-refractivity contribution in [2.75, 3.05) is 6.54 Å². The number of rotatable bonds is 6. The zero-order chi connectivity index (χ0) is 21.7. The van der Waals surface area contributed by atoms with Gasteiger partial charge >= 0.3 is 0 Å². The van der Waals surface area contributed by atoms with E-state index >= 15 is 0 Å². The van der Waals surface area contributed by atoms with Crippen molar-refractivity contribution < 1.29 is 9.59 Å². The molecule has 0 bridgehead atoms. The average molecular weight is 441 g/mol. The van der Waals surface area contributed by atoms with Crippen LogP contribution in [0.3, 0.4) is 0 Å². The van der Waals surface area contributed by atoms with E-state index in [0.29, 0.717) is 31.9 Å². The largest absolute Gasteiger partial charge is 0.355 e. The summed E-state index contributed by atoms with van der Waals surface area (Å²) in [5, 5.41) is 3.20. The summed E-state index contributed by atoms with van der Waals surface area (Å²) in [6.45, 7) is 3.96. The molecule has 1 amide bonds. The first-order valence-corrected chi connectivity index (χ1v) is 10.6. The van der Waals surface area contributed by atoms with Crippen LogP contribution in [0.15, 0.2) is 53.3 Å². The molecule has 0 aliphatic heterocycles. The van der Waals surface area contributed by atoms with Crippen LogP contribution in [0, 0.1) is 6.92 Å². The summed E-state index contributed by atoms with van der Waals surface area (Å²) in [4.78, 5) is 38.0. The summed E-state index contributed by atoms with van der Waals surface area (Å²) in [6.07, 6.45) is 3.09. The van der Waals surface area contributed by atoms with Gasteiger partial charge in [0.2, 0.25) is 5.91 Å². The monoisotopic (exact) mass is 440 g/mol. The number of aryl methyl sites for hydroxylation is 1. The van der Waals surface area contributed by atoms with Gasteiger partial charge < -0.3 is 5.32 Å². The Hall–Kier alpha value is -2.96. The lowest BCUT2D eigenvalue weighted by Gasteiger charge is -2.03. The molecule has 7 heteroatoms. The lowest BCUT2D eigenvalue weighted by atomic mass is 10.1. The molecule has 0 saturated carbocycles. The lowest BCUT2D eigenvalue weighted by molar-refractivity contribution is -0.121. The van der Waals surface area contributed by atoms with Crippen LogP contribution >= 0.6 is 22.9 Å². The van der Waals surface area contributed by atoms with Crippen LogP contribution in [0.25, 0.3) is 12.2 Å². The number of carbonyl (C=O) groups is 2. The molecule has 2 aromatic carbocycles. The second-order valence-electron chi connectivity index (χ2n) is 6.64. The van der Waals surface area contributed by atoms with Crippen molar-refractivity contribution in [3.05, 3.63) is 89.8 Å². The number of nitrogens with zero attached hydrogens (tertiary/aromatic N) is 1. The number of aromatic nitrogens is 1. The molecule has 3 aromatic rings. The normalized spacial score (nSPS) is 12.2. The number of benzene rings is 2. The molecule has 1 heterocycles. The van der Waals surface area contributed by atoms with Gasteiger partial charge in [-0.2, -0.15) is 0 Å². The minimum absolute atomic E-state index is 0.160. The SMILES string of the molecule is CCNC(=O)Cn1c(=CC(=O)c2ccccc2C)sc(=Cc2ccccc2Cl)c1=O. The first-order valence-electron chi connectivity index (χ1n) is 9.45. The van der Waals surface area contributed by atoms with Gasteiger partial charge in [-0.25, -0.2) is 0 Å². The molecular weight excluding hydrogens is 420 g/mol. The molecule has 30 heavy (non-hydrogen) atoms. The second-order valence-corrected chi connectivity index (χ2v) is 8.11. The highest BCUT2D eigenvalue weighted by atomic mass is 35.5. The molecule has 0 unspecified atom stereocenters. The van der Waals surface area contributed by atoms with Gasteiger partial charge in [-0.15, -0.1) is 11.3 Å².